The standard InChI is InChI=1S/C19H17Cl2N3O3S/c20-16-4-5-17(18(21)11-16)19(25)23-6-8-24(9-7-23)28(26,27)13-15-3-1-2-14(10-15)12-22/h1-5,10-11H,6-9,13H2. The minimum absolute atomic E-state index is 0.181. The van der Waals surface area contributed by atoms with E-state index in [4.69, 9.17) is 28.5 Å². The van der Waals surface area contributed by atoms with Gasteiger partial charge in [0.15, 0.2) is 0 Å². The highest BCUT2D eigenvalue weighted by atomic mass is 35.5. The largest absolute Gasteiger partial charge is 0.336 e. The zero-order valence-corrected chi connectivity index (χ0v) is 17.1. The molecule has 0 bridgehead atoms. The molecular formula is C19H17Cl2N3O3S. The minimum atomic E-state index is -3.55. The molecule has 1 amide bonds. The molecule has 1 aliphatic rings. The molecule has 0 N–H and O–H groups in total. The van der Waals surface area contributed by atoms with Crippen LogP contribution in [0, 0.1) is 11.3 Å². The summed E-state index contributed by atoms with van der Waals surface area (Å²) in [6, 6.07) is 13.2. The van der Waals surface area contributed by atoms with Gasteiger partial charge in [0.25, 0.3) is 5.91 Å². The van der Waals surface area contributed by atoms with Gasteiger partial charge < -0.3 is 4.90 Å². The van der Waals surface area contributed by atoms with Crippen LogP contribution in [-0.2, 0) is 15.8 Å². The average Bonchev–Trinajstić information content (AvgIpc) is 2.67. The summed E-state index contributed by atoms with van der Waals surface area (Å²) in [6.07, 6.45) is 0. The van der Waals surface area contributed by atoms with Crippen molar-refractivity contribution >= 4 is 39.1 Å². The molecule has 6 nitrogen and oxygen atoms in total. The van der Waals surface area contributed by atoms with E-state index in [-0.39, 0.29) is 42.9 Å². The summed E-state index contributed by atoms with van der Waals surface area (Å²) in [7, 11) is -3.55. The molecule has 3 rings (SSSR count). The van der Waals surface area contributed by atoms with E-state index in [1.54, 1.807) is 41.3 Å². The molecule has 1 heterocycles. The number of amides is 1. The van der Waals surface area contributed by atoms with Crippen molar-refractivity contribution in [1.29, 1.82) is 5.26 Å². The normalized spacial score (nSPS) is 15.2. The predicted molar refractivity (Wildman–Crippen MR) is 108 cm³/mol. The van der Waals surface area contributed by atoms with Gasteiger partial charge in [0.1, 0.15) is 0 Å². The molecule has 0 spiro atoms. The third-order valence-electron chi connectivity index (χ3n) is 4.49. The molecule has 2 aromatic carbocycles. The molecular weight excluding hydrogens is 421 g/mol. The maximum atomic E-state index is 12.7. The molecule has 9 heteroatoms. The van der Waals surface area contributed by atoms with Gasteiger partial charge in [0.05, 0.1) is 28.0 Å². The molecule has 2 aromatic rings. The molecule has 146 valence electrons. The number of carbonyl (C=O) groups excluding carboxylic acids is 1. The highest BCUT2D eigenvalue weighted by molar-refractivity contribution is 7.88. The Labute approximate surface area is 173 Å². The van der Waals surface area contributed by atoms with Crippen LogP contribution < -0.4 is 0 Å². The van der Waals surface area contributed by atoms with Gasteiger partial charge in [-0.25, -0.2) is 8.42 Å². The first-order valence-corrected chi connectivity index (χ1v) is 10.9. The van der Waals surface area contributed by atoms with Gasteiger partial charge in [0, 0.05) is 31.2 Å². The Morgan fingerprint density at radius 3 is 2.43 bits per heavy atom. The highest BCUT2D eigenvalue weighted by Crippen LogP contribution is 2.23. The van der Waals surface area contributed by atoms with E-state index >= 15 is 0 Å². The second kappa shape index (κ2) is 8.50. The topological polar surface area (TPSA) is 81.5 Å². The number of nitrogens with zero attached hydrogens (tertiary/aromatic N) is 3. The van der Waals surface area contributed by atoms with Crippen LogP contribution in [0.1, 0.15) is 21.5 Å². The molecule has 0 aromatic heterocycles. The lowest BCUT2D eigenvalue weighted by molar-refractivity contribution is 0.0698. The first-order valence-electron chi connectivity index (χ1n) is 8.51. The van der Waals surface area contributed by atoms with E-state index in [9.17, 15) is 13.2 Å². The Hall–Kier alpha value is -2.11. The van der Waals surface area contributed by atoms with Crippen LogP contribution in [0.4, 0.5) is 0 Å². The van der Waals surface area contributed by atoms with E-state index in [1.165, 1.54) is 10.4 Å². The Balaban J connectivity index is 1.65. The smallest absolute Gasteiger partial charge is 0.255 e. The Kier molecular flexibility index (Phi) is 6.26. The van der Waals surface area contributed by atoms with Crippen molar-refractivity contribution in [2.24, 2.45) is 0 Å². The fourth-order valence-electron chi connectivity index (χ4n) is 3.04. The fourth-order valence-corrected chi connectivity index (χ4v) is 5.03. The molecule has 0 saturated carbocycles. The first kappa shape index (κ1) is 20.6. The quantitative estimate of drug-likeness (QED) is 0.735. The van der Waals surface area contributed by atoms with Crippen molar-refractivity contribution in [3.05, 3.63) is 69.2 Å². The maximum Gasteiger partial charge on any atom is 0.255 e. The highest BCUT2D eigenvalue weighted by Gasteiger charge is 2.30. The summed E-state index contributed by atoms with van der Waals surface area (Å²) in [4.78, 5) is 14.2. The number of benzene rings is 2. The van der Waals surface area contributed by atoms with E-state index in [0.29, 0.717) is 21.7 Å². The molecule has 1 fully saturated rings. The van der Waals surface area contributed by atoms with Crippen molar-refractivity contribution in [2.45, 2.75) is 5.75 Å². The van der Waals surface area contributed by atoms with Crippen LogP contribution in [-0.4, -0.2) is 49.7 Å². The van der Waals surface area contributed by atoms with E-state index in [1.807, 2.05) is 6.07 Å². The number of carbonyl (C=O) groups is 1. The van der Waals surface area contributed by atoms with E-state index in [2.05, 4.69) is 0 Å². The van der Waals surface area contributed by atoms with Crippen molar-refractivity contribution < 1.29 is 13.2 Å². The van der Waals surface area contributed by atoms with Gasteiger partial charge in [-0.15, -0.1) is 0 Å². The summed E-state index contributed by atoms with van der Waals surface area (Å²) < 4.78 is 26.8. The molecule has 0 atom stereocenters. The number of halogens is 2. The lowest BCUT2D eigenvalue weighted by Crippen LogP contribution is -2.50. The number of hydrogen-bond acceptors (Lipinski definition) is 4. The fraction of sp³-hybridized carbons (Fsp3) is 0.263. The third-order valence-corrected chi connectivity index (χ3v) is 6.88. The number of nitriles is 1. The van der Waals surface area contributed by atoms with Crippen molar-refractivity contribution in [3.63, 3.8) is 0 Å². The molecule has 0 unspecified atom stereocenters. The minimum Gasteiger partial charge on any atom is -0.336 e. The van der Waals surface area contributed by atoms with Gasteiger partial charge in [-0.05, 0) is 35.9 Å². The molecule has 0 radical (unpaired) electrons. The van der Waals surface area contributed by atoms with Gasteiger partial charge in [-0.3, -0.25) is 4.79 Å². The molecule has 1 saturated heterocycles. The monoisotopic (exact) mass is 437 g/mol. The summed E-state index contributed by atoms with van der Waals surface area (Å²) >= 11 is 12.0. The summed E-state index contributed by atoms with van der Waals surface area (Å²) in [5.74, 6) is -0.431. The Bertz CT molecular complexity index is 1040. The van der Waals surface area contributed by atoms with Crippen molar-refractivity contribution in [2.75, 3.05) is 26.2 Å². The zero-order chi connectivity index (χ0) is 20.3. The van der Waals surface area contributed by atoms with Crippen LogP contribution >= 0.6 is 23.2 Å². The van der Waals surface area contributed by atoms with E-state index < -0.39 is 10.0 Å². The van der Waals surface area contributed by atoms with Crippen molar-refractivity contribution in [3.8, 4) is 6.07 Å². The summed E-state index contributed by atoms with van der Waals surface area (Å²) in [5.41, 5.74) is 1.32. The van der Waals surface area contributed by atoms with Gasteiger partial charge >= 0.3 is 0 Å². The number of hydrogen-bond donors (Lipinski definition) is 0. The number of piperazine rings is 1. The Morgan fingerprint density at radius 2 is 1.79 bits per heavy atom. The third kappa shape index (κ3) is 4.65. The maximum absolute atomic E-state index is 12.7. The van der Waals surface area contributed by atoms with Crippen LogP contribution in [0.2, 0.25) is 10.0 Å². The van der Waals surface area contributed by atoms with Gasteiger partial charge in [-0.2, -0.15) is 9.57 Å². The summed E-state index contributed by atoms with van der Waals surface area (Å²) in [6.45, 7) is 0.957. The average molecular weight is 438 g/mol. The second-order valence-electron chi connectivity index (χ2n) is 6.38. The number of rotatable bonds is 4. The van der Waals surface area contributed by atoms with Crippen LogP contribution in [0.25, 0.3) is 0 Å². The molecule has 28 heavy (non-hydrogen) atoms. The first-order chi connectivity index (χ1) is 13.3. The lowest BCUT2D eigenvalue weighted by Gasteiger charge is -2.34. The second-order valence-corrected chi connectivity index (χ2v) is 9.20. The zero-order valence-electron chi connectivity index (χ0n) is 14.8. The number of sulfonamides is 1. The van der Waals surface area contributed by atoms with Gasteiger partial charge in [-0.1, -0.05) is 35.3 Å². The van der Waals surface area contributed by atoms with Crippen LogP contribution in [0.15, 0.2) is 42.5 Å². The van der Waals surface area contributed by atoms with Crippen LogP contribution in [0.5, 0.6) is 0 Å². The Morgan fingerprint density at radius 1 is 1.07 bits per heavy atom. The summed E-state index contributed by atoms with van der Waals surface area (Å²) in [5, 5.41) is 9.67. The van der Waals surface area contributed by atoms with E-state index in [0.717, 1.165) is 0 Å². The van der Waals surface area contributed by atoms with Gasteiger partial charge in [0.2, 0.25) is 10.0 Å². The lowest BCUT2D eigenvalue weighted by atomic mass is 10.2. The predicted octanol–water partition coefficient (Wildman–Crippen LogP) is 3.15. The SMILES string of the molecule is N#Cc1cccc(CS(=O)(=O)N2CCN(C(=O)c3ccc(Cl)cc3Cl)CC2)c1. The van der Waals surface area contributed by atoms with Crippen molar-refractivity contribution in [1.82, 2.24) is 9.21 Å². The molecule has 0 aliphatic carbocycles. The van der Waals surface area contributed by atoms with Crippen LogP contribution in [0.3, 0.4) is 0 Å². The molecule has 1 aliphatic heterocycles.